The average Bonchev–Trinajstić information content (AvgIpc) is 2.79. The van der Waals surface area contributed by atoms with Gasteiger partial charge in [-0.15, -0.1) is 13.2 Å². The first kappa shape index (κ1) is 30.0. The summed E-state index contributed by atoms with van der Waals surface area (Å²) in [4.78, 5) is 0. The van der Waals surface area contributed by atoms with Crippen molar-refractivity contribution in [1.29, 1.82) is 0 Å². The third kappa shape index (κ3) is 8.20. The molecule has 11 heteroatoms. The highest BCUT2D eigenvalue weighted by Gasteiger charge is 2.42. The molecule has 2 aromatic rings. The van der Waals surface area contributed by atoms with Crippen molar-refractivity contribution in [2.75, 3.05) is 0 Å². The summed E-state index contributed by atoms with van der Waals surface area (Å²) in [5.41, 5.74) is -1.61. The van der Waals surface area contributed by atoms with E-state index in [2.05, 4.69) is 16.4 Å². The third-order valence-corrected chi connectivity index (χ3v) is 6.85. The maximum atomic E-state index is 14.6. The Hall–Kier alpha value is -2.59. The van der Waals surface area contributed by atoms with E-state index in [9.17, 15) is 39.5 Å². The minimum atomic E-state index is -5.45. The fourth-order valence-corrected chi connectivity index (χ4v) is 4.92. The van der Waals surface area contributed by atoms with Gasteiger partial charge in [0.15, 0.2) is 11.6 Å². The molecule has 1 fully saturated rings. The summed E-state index contributed by atoms with van der Waals surface area (Å²) in [5, 5.41) is 0. The van der Waals surface area contributed by atoms with Crippen molar-refractivity contribution in [3.05, 3.63) is 58.7 Å². The molecule has 3 rings (SSSR count). The molecule has 0 aliphatic heterocycles. The summed E-state index contributed by atoms with van der Waals surface area (Å²) in [6, 6.07) is 1.49. The number of hydrogen-bond donors (Lipinski definition) is 0. The van der Waals surface area contributed by atoms with Crippen LogP contribution in [0.4, 0.5) is 39.5 Å². The summed E-state index contributed by atoms with van der Waals surface area (Å²) < 4.78 is 130. The molecule has 1 aliphatic rings. The number of aryl methyl sites for hydroxylation is 1. The second kappa shape index (κ2) is 12.5. The van der Waals surface area contributed by atoms with Crippen LogP contribution in [0.25, 0.3) is 0 Å². The molecule has 0 aromatic heterocycles. The topological polar surface area (TPSA) is 18.5 Å². The lowest BCUT2D eigenvalue weighted by atomic mass is 9.78. The van der Waals surface area contributed by atoms with Gasteiger partial charge in [-0.2, -0.15) is 8.78 Å². The Bertz CT molecular complexity index is 1030. The van der Waals surface area contributed by atoms with E-state index in [0.717, 1.165) is 37.8 Å². The maximum Gasteiger partial charge on any atom is 0.573 e. The molecule has 0 unspecified atom stereocenters. The number of unbranched alkanes of at least 4 members (excludes halogenated alkanes) is 2. The van der Waals surface area contributed by atoms with Crippen LogP contribution >= 0.6 is 0 Å². The molecule has 0 amide bonds. The summed E-state index contributed by atoms with van der Waals surface area (Å²) >= 11 is 0. The zero-order valence-electron chi connectivity index (χ0n) is 20.8. The molecule has 212 valence electrons. The van der Waals surface area contributed by atoms with Gasteiger partial charge in [0.05, 0.1) is 0 Å². The molecule has 0 atom stereocenters. The van der Waals surface area contributed by atoms with Gasteiger partial charge in [-0.25, -0.2) is 17.6 Å². The quantitative estimate of drug-likeness (QED) is 0.203. The van der Waals surface area contributed by atoms with Crippen LogP contribution in [0.3, 0.4) is 0 Å². The van der Waals surface area contributed by atoms with Gasteiger partial charge in [-0.05, 0) is 42.4 Å². The lowest BCUT2D eigenvalue weighted by molar-refractivity contribution is -0.276. The van der Waals surface area contributed by atoms with Gasteiger partial charge >= 0.3 is 12.5 Å². The van der Waals surface area contributed by atoms with E-state index < -0.39 is 52.8 Å². The first-order valence-electron chi connectivity index (χ1n) is 12.6. The molecule has 0 N–H and O–H groups in total. The van der Waals surface area contributed by atoms with Crippen molar-refractivity contribution in [1.82, 2.24) is 0 Å². The van der Waals surface area contributed by atoms with E-state index in [1.807, 2.05) is 0 Å². The maximum absolute atomic E-state index is 14.6. The molecule has 38 heavy (non-hydrogen) atoms. The molecule has 0 radical (unpaired) electrons. The zero-order valence-corrected chi connectivity index (χ0v) is 20.8. The Morgan fingerprint density at radius 3 is 1.74 bits per heavy atom. The molecule has 0 bridgehead atoms. The Morgan fingerprint density at radius 2 is 1.24 bits per heavy atom. The summed E-state index contributed by atoms with van der Waals surface area (Å²) in [6.07, 6.45) is -0.222. The SMILES string of the molecule is CCCCC[C@H]1CC[C@H](CCc2cc(F)c(C(F)(F)Oc3cc(F)c(OC(F)(F)F)c(F)c3)c(F)c2)CC1. The highest BCUT2D eigenvalue weighted by molar-refractivity contribution is 5.36. The second-order valence-corrected chi connectivity index (χ2v) is 9.74. The number of hydrogen-bond acceptors (Lipinski definition) is 2. The first-order chi connectivity index (χ1) is 17.8. The fraction of sp³-hybridized carbons (Fsp3) is 0.556. The normalized spacial score (nSPS) is 18.5. The van der Waals surface area contributed by atoms with Gasteiger partial charge in [0.2, 0.25) is 5.75 Å². The van der Waals surface area contributed by atoms with Gasteiger partial charge in [0, 0.05) is 12.1 Å². The van der Waals surface area contributed by atoms with Crippen molar-refractivity contribution >= 4 is 0 Å². The van der Waals surface area contributed by atoms with Crippen LogP contribution in [0, 0.1) is 35.1 Å². The van der Waals surface area contributed by atoms with E-state index in [4.69, 9.17) is 0 Å². The summed E-state index contributed by atoms with van der Waals surface area (Å²) in [5.74, 6) is -9.36. The number of ether oxygens (including phenoxy) is 2. The fourth-order valence-electron chi connectivity index (χ4n) is 4.92. The molecule has 0 spiro atoms. The molecule has 0 heterocycles. The van der Waals surface area contributed by atoms with E-state index in [-0.39, 0.29) is 24.1 Å². The largest absolute Gasteiger partial charge is 0.573 e. The van der Waals surface area contributed by atoms with Crippen molar-refractivity contribution in [3.8, 4) is 11.5 Å². The van der Waals surface area contributed by atoms with Crippen molar-refractivity contribution in [2.24, 2.45) is 11.8 Å². The highest BCUT2D eigenvalue weighted by atomic mass is 19.4. The molecular weight excluding hydrogens is 527 g/mol. The average molecular weight is 557 g/mol. The Morgan fingerprint density at radius 1 is 0.711 bits per heavy atom. The number of halogens is 9. The molecular formula is C27H29F9O2. The lowest BCUT2D eigenvalue weighted by Crippen LogP contribution is -2.26. The van der Waals surface area contributed by atoms with Crippen LogP contribution in [0.15, 0.2) is 24.3 Å². The summed E-state index contributed by atoms with van der Waals surface area (Å²) in [6.45, 7) is 2.16. The zero-order chi connectivity index (χ0) is 28.1. The van der Waals surface area contributed by atoms with Crippen molar-refractivity contribution < 1.29 is 49.0 Å². The van der Waals surface area contributed by atoms with Crippen LogP contribution in [0.2, 0.25) is 0 Å². The standard InChI is InChI=1S/C27H29F9O2/c1-2-3-4-5-16-6-8-17(9-7-16)10-11-18-12-20(28)24(21(29)13-18)26(32,33)37-19-14-22(30)25(23(31)15-19)38-27(34,35)36/h12-17H,2-11H2,1H3/t16-,17-. The van der Waals surface area contributed by atoms with Crippen LogP contribution in [0.5, 0.6) is 11.5 Å². The van der Waals surface area contributed by atoms with Crippen molar-refractivity contribution in [3.63, 3.8) is 0 Å². The lowest BCUT2D eigenvalue weighted by Gasteiger charge is -2.28. The van der Waals surface area contributed by atoms with Crippen molar-refractivity contribution in [2.45, 2.75) is 83.6 Å². The number of rotatable bonds is 11. The predicted octanol–water partition coefficient (Wildman–Crippen LogP) is 9.59. The Balaban J connectivity index is 1.64. The minimum absolute atomic E-state index is 0.0131. The van der Waals surface area contributed by atoms with Crippen LogP contribution in [-0.4, -0.2) is 6.36 Å². The molecule has 1 aliphatic carbocycles. The van der Waals surface area contributed by atoms with E-state index in [1.54, 1.807) is 0 Å². The van der Waals surface area contributed by atoms with E-state index >= 15 is 0 Å². The number of benzene rings is 2. The molecule has 2 aromatic carbocycles. The van der Waals surface area contributed by atoms with Gasteiger partial charge in [0.25, 0.3) is 0 Å². The van der Waals surface area contributed by atoms with Crippen LogP contribution < -0.4 is 9.47 Å². The van der Waals surface area contributed by atoms with Gasteiger partial charge in [-0.1, -0.05) is 58.3 Å². The minimum Gasteiger partial charge on any atom is -0.429 e. The predicted molar refractivity (Wildman–Crippen MR) is 122 cm³/mol. The first-order valence-corrected chi connectivity index (χ1v) is 12.6. The Labute approximate surface area is 215 Å². The van der Waals surface area contributed by atoms with Crippen LogP contribution in [0.1, 0.15) is 75.8 Å². The number of alkyl halides is 5. The smallest absolute Gasteiger partial charge is 0.429 e. The molecule has 0 saturated heterocycles. The highest BCUT2D eigenvalue weighted by Crippen LogP contribution is 2.39. The van der Waals surface area contributed by atoms with Gasteiger partial charge in [0.1, 0.15) is 22.9 Å². The van der Waals surface area contributed by atoms with E-state index in [1.165, 1.54) is 25.7 Å². The van der Waals surface area contributed by atoms with E-state index in [0.29, 0.717) is 18.3 Å². The van der Waals surface area contributed by atoms with Gasteiger partial charge < -0.3 is 9.47 Å². The molecule has 2 nitrogen and oxygen atoms in total. The van der Waals surface area contributed by atoms with Gasteiger partial charge in [-0.3, -0.25) is 0 Å². The third-order valence-electron chi connectivity index (χ3n) is 6.85. The second-order valence-electron chi connectivity index (χ2n) is 9.74. The summed E-state index contributed by atoms with van der Waals surface area (Å²) in [7, 11) is 0. The Kier molecular flexibility index (Phi) is 9.86. The van der Waals surface area contributed by atoms with Crippen LogP contribution in [-0.2, 0) is 12.5 Å². The molecule has 1 saturated carbocycles. The monoisotopic (exact) mass is 556 g/mol.